The first-order valence-corrected chi connectivity index (χ1v) is 13.6. The van der Waals surface area contributed by atoms with Gasteiger partial charge in [-0.25, -0.2) is 4.79 Å². The number of carbonyl (C=O) groups excluding carboxylic acids is 2. The molecule has 0 saturated heterocycles. The molecule has 7 heteroatoms. The molecule has 32 heavy (non-hydrogen) atoms. The summed E-state index contributed by atoms with van der Waals surface area (Å²) in [6.45, 7) is 6.40. The summed E-state index contributed by atoms with van der Waals surface area (Å²) >= 11 is 1.29. The Morgan fingerprint density at radius 3 is 2.16 bits per heavy atom. The minimum absolute atomic E-state index is 0.0644. The molecule has 0 aliphatic heterocycles. The molecule has 0 bridgehead atoms. The predicted octanol–water partition coefficient (Wildman–Crippen LogP) is 7.04. The van der Waals surface area contributed by atoms with E-state index in [4.69, 9.17) is 10.5 Å². The molecule has 0 aromatic carbocycles. The Balaban J connectivity index is 2.96. The first kappa shape index (κ1) is 28.3. The molecule has 0 spiro atoms. The normalized spacial score (nSPS) is 11.7. The highest BCUT2D eigenvalue weighted by molar-refractivity contribution is 7.98. The van der Waals surface area contributed by atoms with Gasteiger partial charge in [-0.2, -0.15) is 9.78 Å². The molecule has 0 unspecified atom stereocenters. The van der Waals surface area contributed by atoms with Crippen LogP contribution in [-0.2, 0) is 4.74 Å². The molecule has 1 aromatic heterocycles. The third kappa shape index (κ3) is 9.39. The number of anilines is 1. The van der Waals surface area contributed by atoms with Crippen LogP contribution in [0.4, 0.5) is 5.82 Å². The number of esters is 1. The first-order valence-electron chi connectivity index (χ1n) is 12.3. The Morgan fingerprint density at radius 2 is 1.56 bits per heavy atom. The SMILES string of the molecule is CCCCCCC/C=C(\CCCCCCCC)C(=O)n1nc(SC)c(C(=O)OCC)c1N. The van der Waals surface area contributed by atoms with Crippen LogP contribution in [0.2, 0.25) is 0 Å². The van der Waals surface area contributed by atoms with E-state index in [0.29, 0.717) is 11.4 Å². The van der Waals surface area contributed by atoms with Gasteiger partial charge in [-0.05, 0) is 38.9 Å². The van der Waals surface area contributed by atoms with Gasteiger partial charge in [-0.3, -0.25) is 4.79 Å². The Hall–Kier alpha value is -1.76. The second-order valence-electron chi connectivity index (χ2n) is 8.16. The number of nitrogens with zero attached hydrogens (tertiary/aromatic N) is 2. The van der Waals surface area contributed by atoms with Gasteiger partial charge in [0, 0.05) is 5.57 Å². The van der Waals surface area contributed by atoms with Crippen LogP contribution in [0.5, 0.6) is 0 Å². The number of hydrogen-bond donors (Lipinski definition) is 1. The summed E-state index contributed by atoms with van der Waals surface area (Å²) < 4.78 is 6.31. The van der Waals surface area contributed by atoms with Crippen LogP contribution in [0, 0.1) is 0 Å². The highest BCUT2D eigenvalue weighted by Gasteiger charge is 2.26. The fourth-order valence-electron chi connectivity index (χ4n) is 3.66. The highest BCUT2D eigenvalue weighted by Crippen LogP contribution is 2.27. The van der Waals surface area contributed by atoms with Crippen LogP contribution in [-0.4, -0.2) is 34.5 Å². The summed E-state index contributed by atoms with van der Waals surface area (Å²) in [5.41, 5.74) is 7.14. The third-order valence-corrected chi connectivity index (χ3v) is 6.20. The van der Waals surface area contributed by atoms with Gasteiger partial charge in [0.2, 0.25) is 0 Å². The molecule has 1 heterocycles. The second kappa shape index (κ2) is 16.8. The molecular weight excluding hydrogens is 422 g/mol. The topological polar surface area (TPSA) is 87.2 Å². The van der Waals surface area contributed by atoms with Crippen LogP contribution in [0.3, 0.4) is 0 Å². The number of aromatic nitrogens is 2. The molecule has 0 saturated carbocycles. The van der Waals surface area contributed by atoms with E-state index in [0.717, 1.165) is 31.3 Å². The summed E-state index contributed by atoms with van der Waals surface area (Å²) in [5.74, 6) is -0.698. The number of carbonyl (C=O) groups is 2. The molecule has 6 nitrogen and oxygen atoms in total. The van der Waals surface area contributed by atoms with Gasteiger partial charge in [0.25, 0.3) is 5.91 Å². The standard InChI is InChI=1S/C25H43N3O3S/c1-5-8-10-12-14-16-18-20(19-17-15-13-11-9-6-2)24(29)28-22(26)21(23(27-28)32-4)25(30)31-7-3/h18H,5-17,19,26H2,1-4H3/b20-18+. The number of hydrogen-bond acceptors (Lipinski definition) is 6. The number of nitrogens with two attached hydrogens (primary N) is 1. The molecule has 182 valence electrons. The van der Waals surface area contributed by atoms with Gasteiger partial charge in [0.15, 0.2) is 0 Å². The summed E-state index contributed by atoms with van der Waals surface area (Å²) in [4.78, 5) is 25.7. The van der Waals surface area contributed by atoms with Crippen molar-refractivity contribution in [2.75, 3.05) is 18.6 Å². The van der Waals surface area contributed by atoms with Crippen molar-refractivity contribution in [2.45, 2.75) is 109 Å². The number of ether oxygens (including phenoxy) is 1. The van der Waals surface area contributed by atoms with E-state index in [1.165, 1.54) is 67.8 Å². The average Bonchev–Trinajstić information content (AvgIpc) is 3.13. The van der Waals surface area contributed by atoms with Crippen LogP contribution in [0.15, 0.2) is 16.7 Å². The number of nitrogen functional groups attached to an aromatic ring is 1. The summed E-state index contributed by atoms with van der Waals surface area (Å²) in [6.07, 6.45) is 18.4. The average molecular weight is 466 g/mol. The van der Waals surface area contributed by atoms with Crippen molar-refractivity contribution in [1.82, 2.24) is 9.78 Å². The van der Waals surface area contributed by atoms with Gasteiger partial charge in [-0.15, -0.1) is 11.8 Å². The number of thioether (sulfide) groups is 1. The minimum Gasteiger partial charge on any atom is -0.462 e. The van der Waals surface area contributed by atoms with Crippen molar-refractivity contribution < 1.29 is 14.3 Å². The smallest absolute Gasteiger partial charge is 0.344 e. The maximum absolute atomic E-state index is 13.4. The Morgan fingerprint density at radius 1 is 0.969 bits per heavy atom. The van der Waals surface area contributed by atoms with Crippen LogP contribution >= 0.6 is 11.8 Å². The molecule has 2 N–H and O–H groups in total. The fourth-order valence-corrected chi connectivity index (χ4v) is 4.21. The van der Waals surface area contributed by atoms with Crippen molar-refractivity contribution in [3.8, 4) is 0 Å². The number of rotatable bonds is 17. The molecule has 0 aliphatic rings. The molecule has 0 atom stereocenters. The maximum Gasteiger partial charge on any atom is 0.344 e. The van der Waals surface area contributed by atoms with E-state index >= 15 is 0 Å². The lowest BCUT2D eigenvalue weighted by atomic mass is 10.0. The first-order chi connectivity index (χ1) is 15.5. The third-order valence-electron chi connectivity index (χ3n) is 5.53. The molecule has 0 fully saturated rings. The number of unbranched alkanes of at least 4 members (excludes halogenated alkanes) is 10. The van der Waals surface area contributed by atoms with Crippen molar-refractivity contribution in [2.24, 2.45) is 0 Å². The predicted molar refractivity (Wildman–Crippen MR) is 134 cm³/mol. The van der Waals surface area contributed by atoms with Crippen LogP contribution in [0.1, 0.15) is 119 Å². The van der Waals surface area contributed by atoms with E-state index in [2.05, 4.69) is 25.0 Å². The van der Waals surface area contributed by atoms with E-state index < -0.39 is 5.97 Å². The van der Waals surface area contributed by atoms with E-state index in [1.807, 2.05) is 6.26 Å². The van der Waals surface area contributed by atoms with Crippen LogP contribution < -0.4 is 5.73 Å². The zero-order valence-corrected chi connectivity index (χ0v) is 21.4. The summed E-state index contributed by atoms with van der Waals surface area (Å²) in [5, 5.41) is 4.78. The Kier molecular flexibility index (Phi) is 14.9. The molecule has 1 aromatic rings. The van der Waals surface area contributed by atoms with E-state index in [9.17, 15) is 9.59 Å². The van der Waals surface area contributed by atoms with E-state index in [1.54, 1.807) is 6.92 Å². The lowest BCUT2D eigenvalue weighted by molar-refractivity contribution is 0.0523. The quantitative estimate of drug-likeness (QED) is 0.115. The zero-order valence-electron chi connectivity index (χ0n) is 20.6. The highest BCUT2D eigenvalue weighted by atomic mass is 32.2. The molecule has 0 radical (unpaired) electrons. The number of allylic oxidation sites excluding steroid dienone is 2. The zero-order chi connectivity index (χ0) is 23.8. The van der Waals surface area contributed by atoms with Gasteiger partial charge in [-0.1, -0.05) is 77.7 Å². The van der Waals surface area contributed by atoms with Gasteiger partial charge >= 0.3 is 5.97 Å². The maximum atomic E-state index is 13.4. The Bertz CT molecular complexity index is 728. The molecule has 0 aliphatic carbocycles. The molecular formula is C25H43N3O3S. The second-order valence-corrected chi connectivity index (χ2v) is 8.95. The largest absolute Gasteiger partial charge is 0.462 e. The van der Waals surface area contributed by atoms with Crippen molar-refractivity contribution >= 4 is 29.5 Å². The lowest BCUT2D eigenvalue weighted by Crippen LogP contribution is -2.18. The molecule has 0 amide bonds. The fraction of sp³-hybridized carbons (Fsp3) is 0.720. The van der Waals surface area contributed by atoms with Crippen molar-refractivity contribution in [3.05, 3.63) is 17.2 Å². The minimum atomic E-state index is -0.536. The van der Waals surface area contributed by atoms with Crippen LogP contribution in [0.25, 0.3) is 0 Å². The van der Waals surface area contributed by atoms with Gasteiger partial charge in [0.1, 0.15) is 16.4 Å². The monoisotopic (exact) mass is 465 g/mol. The summed E-state index contributed by atoms with van der Waals surface area (Å²) in [6, 6.07) is 0. The molecule has 1 rings (SSSR count). The summed E-state index contributed by atoms with van der Waals surface area (Å²) in [7, 11) is 0. The Labute approximate surface area is 198 Å². The lowest BCUT2D eigenvalue weighted by Gasteiger charge is -2.09. The van der Waals surface area contributed by atoms with Crippen molar-refractivity contribution in [1.29, 1.82) is 0 Å². The van der Waals surface area contributed by atoms with Gasteiger partial charge < -0.3 is 10.5 Å². The van der Waals surface area contributed by atoms with Gasteiger partial charge in [0.05, 0.1) is 6.61 Å². The van der Waals surface area contributed by atoms with Crippen molar-refractivity contribution in [3.63, 3.8) is 0 Å². The van der Waals surface area contributed by atoms with E-state index in [-0.39, 0.29) is 23.9 Å².